The van der Waals surface area contributed by atoms with E-state index in [0.29, 0.717) is 5.02 Å². The Hall–Kier alpha value is -2.00. The van der Waals surface area contributed by atoms with Crippen LogP contribution >= 0.6 is 11.6 Å². The van der Waals surface area contributed by atoms with Gasteiger partial charge in [-0.05, 0) is 49.9 Å². The zero-order valence-corrected chi connectivity index (χ0v) is 14.2. The average molecular weight is 329 g/mol. The normalized spacial score (nSPS) is 17.3. The standard InChI is InChI=1S/C19H21ClN2O/c1-13-5-3-6-15(11-13)18-7-4-10-22(18)19(23)21-16-9-8-14(2)17(20)12-16/h3,5-6,8-9,11-12,18H,4,7,10H2,1-2H3,(H,21,23). The number of halogens is 1. The first-order valence-corrected chi connectivity index (χ1v) is 8.33. The quantitative estimate of drug-likeness (QED) is 0.794. The van der Waals surface area contributed by atoms with Crippen LogP contribution in [0, 0.1) is 13.8 Å². The molecule has 2 aromatic rings. The molecule has 3 rings (SSSR count). The van der Waals surface area contributed by atoms with Crippen LogP contribution in [0.25, 0.3) is 0 Å². The molecule has 23 heavy (non-hydrogen) atoms. The molecule has 0 bridgehead atoms. The number of rotatable bonds is 2. The van der Waals surface area contributed by atoms with Gasteiger partial charge in [0, 0.05) is 17.3 Å². The fourth-order valence-corrected chi connectivity index (χ4v) is 3.28. The van der Waals surface area contributed by atoms with Crippen molar-refractivity contribution in [2.45, 2.75) is 32.7 Å². The van der Waals surface area contributed by atoms with Crippen molar-refractivity contribution in [1.82, 2.24) is 4.90 Å². The molecule has 0 aliphatic carbocycles. The molecule has 0 saturated carbocycles. The maximum atomic E-state index is 12.7. The van der Waals surface area contributed by atoms with Crippen LogP contribution in [-0.2, 0) is 0 Å². The summed E-state index contributed by atoms with van der Waals surface area (Å²) in [5.74, 6) is 0. The Labute approximate surface area is 142 Å². The van der Waals surface area contributed by atoms with E-state index in [1.165, 1.54) is 11.1 Å². The molecule has 3 nitrogen and oxygen atoms in total. The largest absolute Gasteiger partial charge is 0.322 e. The van der Waals surface area contributed by atoms with Crippen molar-refractivity contribution in [2.24, 2.45) is 0 Å². The number of anilines is 1. The third-order valence-electron chi connectivity index (χ3n) is 4.36. The number of carbonyl (C=O) groups is 1. The maximum absolute atomic E-state index is 12.7. The zero-order valence-electron chi connectivity index (χ0n) is 13.5. The van der Waals surface area contributed by atoms with Gasteiger partial charge in [0.1, 0.15) is 0 Å². The summed E-state index contributed by atoms with van der Waals surface area (Å²) >= 11 is 6.13. The third-order valence-corrected chi connectivity index (χ3v) is 4.77. The Morgan fingerprint density at radius 2 is 2.04 bits per heavy atom. The summed E-state index contributed by atoms with van der Waals surface area (Å²) in [5.41, 5.74) is 4.17. The summed E-state index contributed by atoms with van der Waals surface area (Å²) < 4.78 is 0. The molecule has 2 amide bonds. The van der Waals surface area contributed by atoms with Crippen LogP contribution in [0.5, 0.6) is 0 Å². The lowest BCUT2D eigenvalue weighted by molar-refractivity contribution is 0.207. The number of benzene rings is 2. The fraction of sp³-hybridized carbons (Fsp3) is 0.316. The molecule has 0 radical (unpaired) electrons. The summed E-state index contributed by atoms with van der Waals surface area (Å²) in [7, 11) is 0. The summed E-state index contributed by atoms with van der Waals surface area (Å²) in [5, 5.41) is 3.63. The third kappa shape index (κ3) is 3.50. The van der Waals surface area contributed by atoms with Crippen molar-refractivity contribution in [3.63, 3.8) is 0 Å². The average Bonchev–Trinajstić information content (AvgIpc) is 3.00. The summed E-state index contributed by atoms with van der Waals surface area (Å²) in [6.07, 6.45) is 2.03. The lowest BCUT2D eigenvalue weighted by atomic mass is 10.0. The molecule has 1 atom stereocenters. The summed E-state index contributed by atoms with van der Waals surface area (Å²) in [6, 6.07) is 14.1. The molecule has 120 valence electrons. The molecule has 1 heterocycles. The van der Waals surface area contributed by atoms with Crippen LogP contribution in [-0.4, -0.2) is 17.5 Å². The van der Waals surface area contributed by atoms with Crippen LogP contribution in [0.2, 0.25) is 5.02 Å². The summed E-state index contributed by atoms with van der Waals surface area (Å²) in [4.78, 5) is 14.6. The highest BCUT2D eigenvalue weighted by Gasteiger charge is 2.30. The Balaban J connectivity index is 1.76. The van der Waals surface area contributed by atoms with Gasteiger partial charge in [0.2, 0.25) is 0 Å². The van der Waals surface area contributed by atoms with Crippen molar-refractivity contribution >= 4 is 23.3 Å². The fourth-order valence-electron chi connectivity index (χ4n) is 3.10. The first-order chi connectivity index (χ1) is 11.0. The van der Waals surface area contributed by atoms with Gasteiger partial charge in [0.15, 0.2) is 0 Å². The molecule has 1 N–H and O–H groups in total. The Morgan fingerprint density at radius 3 is 2.78 bits per heavy atom. The van der Waals surface area contributed by atoms with Gasteiger partial charge < -0.3 is 10.2 Å². The molecule has 1 saturated heterocycles. The molecule has 0 aromatic heterocycles. The second-order valence-corrected chi connectivity index (χ2v) is 6.57. The van der Waals surface area contributed by atoms with E-state index in [1.807, 2.05) is 24.0 Å². The maximum Gasteiger partial charge on any atom is 0.322 e. The highest BCUT2D eigenvalue weighted by molar-refractivity contribution is 6.31. The van der Waals surface area contributed by atoms with Gasteiger partial charge in [-0.1, -0.05) is 47.5 Å². The molecular weight excluding hydrogens is 308 g/mol. The number of amides is 2. The number of nitrogens with zero attached hydrogens (tertiary/aromatic N) is 1. The van der Waals surface area contributed by atoms with E-state index in [4.69, 9.17) is 11.6 Å². The van der Waals surface area contributed by atoms with Gasteiger partial charge in [0.05, 0.1) is 6.04 Å². The first-order valence-electron chi connectivity index (χ1n) is 7.95. The molecular formula is C19H21ClN2O. The minimum absolute atomic E-state index is 0.0612. The predicted molar refractivity (Wildman–Crippen MR) is 95.1 cm³/mol. The Bertz CT molecular complexity index is 729. The van der Waals surface area contributed by atoms with Gasteiger partial charge in [0.25, 0.3) is 0 Å². The van der Waals surface area contributed by atoms with Gasteiger partial charge in [-0.25, -0.2) is 4.79 Å². The summed E-state index contributed by atoms with van der Waals surface area (Å²) in [6.45, 7) is 4.81. The van der Waals surface area contributed by atoms with Crippen molar-refractivity contribution < 1.29 is 4.79 Å². The highest BCUT2D eigenvalue weighted by Crippen LogP contribution is 2.33. The number of carbonyl (C=O) groups excluding carboxylic acids is 1. The van der Waals surface area contributed by atoms with E-state index in [1.54, 1.807) is 6.07 Å². The van der Waals surface area contributed by atoms with Crippen molar-refractivity contribution in [3.8, 4) is 0 Å². The van der Waals surface area contributed by atoms with Crippen LogP contribution in [0.3, 0.4) is 0 Å². The number of likely N-dealkylation sites (tertiary alicyclic amines) is 1. The topological polar surface area (TPSA) is 32.3 Å². The number of aryl methyl sites for hydroxylation is 2. The number of hydrogen-bond donors (Lipinski definition) is 1. The smallest absolute Gasteiger partial charge is 0.317 e. The van der Waals surface area contributed by atoms with E-state index in [0.717, 1.165) is 30.6 Å². The van der Waals surface area contributed by atoms with Gasteiger partial charge in [-0.3, -0.25) is 0 Å². The molecule has 2 aromatic carbocycles. The number of hydrogen-bond acceptors (Lipinski definition) is 1. The minimum atomic E-state index is -0.0612. The number of urea groups is 1. The van der Waals surface area contributed by atoms with E-state index in [2.05, 4.69) is 36.5 Å². The van der Waals surface area contributed by atoms with Gasteiger partial charge in [-0.2, -0.15) is 0 Å². The molecule has 1 aliphatic rings. The van der Waals surface area contributed by atoms with Gasteiger partial charge in [-0.15, -0.1) is 0 Å². The molecule has 1 fully saturated rings. The van der Waals surface area contributed by atoms with E-state index in [-0.39, 0.29) is 12.1 Å². The SMILES string of the molecule is Cc1cccc(C2CCCN2C(=O)Nc2ccc(C)c(Cl)c2)c1. The van der Waals surface area contributed by atoms with E-state index >= 15 is 0 Å². The van der Waals surface area contributed by atoms with Crippen LogP contribution in [0.4, 0.5) is 10.5 Å². The highest BCUT2D eigenvalue weighted by atomic mass is 35.5. The number of nitrogens with one attached hydrogen (secondary N) is 1. The second kappa shape index (κ2) is 6.63. The molecule has 4 heteroatoms. The lowest BCUT2D eigenvalue weighted by Gasteiger charge is -2.25. The first kappa shape index (κ1) is 15.9. The van der Waals surface area contributed by atoms with E-state index in [9.17, 15) is 4.79 Å². The molecule has 1 unspecified atom stereocenters. The second-order valence-electron chi connectivity index (χ2n) is 6.16. The predicted octanol–water partition coefficient (Wildman–Crippen LogP) is 5.33. The Kier molecular flexibility index (Phi) is 4.58. The molecule has 1 aliphatic heterocycles. The van der Waals surface area contributed by atoms with Crippen LogP contribution in [0.15, 0.2) is 42.5 Å². The van der Waals surface area contributed by atoms with E-state index < -0.39 is 0 Å². The zero-order chi connectivity index (χ0) is 16.4. The van der Waals surface area contributed by atoms with Gasteiger partial charge >= 0.3 is 6.03 Å². The monoisotopic (exact) mass is 328 g/mol. The lowest BCUT2D eigenvalue weighted by Crippen LogP contribution is -2.34. The van der Waals surface area contributed by atoms with Crippen LogP contribution in [0.1, 0.15) is 35.6 Å². The van der Waals surface area contributed by atoms with Crippen molar-refractivity contribution in [2.75, 3.05) is 11.9 Å². The minimum Gasteiger partial charge on any atom is -0.317 e. The van der Waals surface area contributed by atoms with Crippen molar-refractivity contribution in [3.05, 3.63) is 64.2 Å². The van der Waals surface area contributed by atoms with Crippen LogP contribution < -0.4 is 5.32 Å². The Morgan fingerprint density at radius 1 is 1.22 bits per heavy atom. The molecule has 0 spiro atoms. The van der Waals surface area contributed by atoms with Crippen molar-refractivity contribution in [1.29, 1.82) is 0 Å².